The zero-order valence-electron chi connectivity index (χ0n) is 7.70. The van der Waals surface area contributed by atoms with Crippen LogP contribution in [0.25, 0.3) is 0 Å². The number of amides is 1. The molecule has 0 fully saturated rings. The lowest BCUT2D eigenvalue weighted by Crippen LogP contribution is -2.35. The number of furan rings is 1. The first kappa shape index (κ1) is 9.80. The number of aliphatic hydroxyl groups is 1. The molecule has 0 radical (unpaired) electrons. The fourth-order valence-electron chi connectivity index (χ4n) is 0.968. The highest BCUT2D eigenvalue weighted by Gasteiger charge is 2.12. The minimum Gasteiger partial charge on any atom is -0.469 e. The van der Waals surface area contributed by atoms with Gasteiger partial charge in [0, 0.05) is 6.04 Å². The van der Waals surface area contributed by atoms with Crippen LogP contribution in [-0.2, 0) is 0 Å². The van der Waals surface area contributed by atoms with Gasteiger partial charge in [0.1, 0.15) is 5.76 Å². The normalized spacial score (nSPS) is 12.5. The van der Waals surface area contributed by atoms with Crippen LogP contribution in [0.2, 0.25) is 0 Å². The van der Waals surface area contributed by atoms with Gasteiger partial charge in [-0.15, -0.1) is 0 Å². The number of aliphatic hydroxyl groups excluding tert-OH is 1. The molecular weight excluding hydrogens is 170 g/mol. The lowest BCUT2D eigenvalue weighted by Gasteiger charge is -2.09. The zero-order valence-corrected chi connectivity index (χ0v) is 7.70. The van der Waals surface area contributed by atoms with Crippen molar-refractivity contribution in [1.29, 1.82) is 0 Å². The fraction of sp³-hybridized carbons (Fsp3) is 0.444. The maximum atomic E-state index is 11.4. The summed E-state index contributed by atoms with van der Waals surface area (Å²) in [6, 6.07) is 1.37. The van der Waals surface area contributed by atoms with Crippen molar-refractivity contribution in [2.24, 2.45) is 0 Å². The molecule has 4 nitrogen and oxygen atoms in total. The van der Waals surface area contributed by atoms with Crippen molar-refractivity contribution in [1.82, 2.24) is 5.32 Å². The fourth-order valence-corrected chi connectivity index (χ4v) is 0.968. The quantitative estimate of drug-likeness (QED) is 0.725. The highest BCUT2D eigenvalue weighted by atomic mass is 16.3. The molecule has 2 N–H and O–H groups in total. The molecule has 0 aliphatic rings. The van der Waals surface area contributed by atoms with Crippen molar-refractivity contribution >= 4 is 5.91 Å². The molecule has 0 saturated carbocycles. The van der Waals surface area contributed by atoms with Gasteiger partial charge in [0.25, 0.3) is 5.91 Å². The Morgan fingerprint density at radius 2 is 2.46 bits per heavy atom. The van der Waals surface area contributed by atoms with Gasteiger partial charge in [0.05, 0.1) is 18.4 Å². The average molecular weight is 183 g/mol. The van der Waals surface area contributed by atoms with Gasteiger partial charge in [0.15, 0.2) is 0 Å². The highest BCUT2D eigenvalue weighted by molar-refractivity contribution is 5.95. The van der Waals surface area contributed by atoms with Crippen molar-refractivity contribution in [2.45, 2.75) is 19.9 Å². The summed E-state index contributed by atoms with van der Waals surface area (Å²) in [4.78, 5) is 11.4. The van der Waals surface area contributed by atoms with E-state index in [0.29, 0.717) is 11.3 Å². The van der Waals surface area contributed by atoms with Crippen LogP contribution in [0.1, 0.15) is 23.0 Å². The average Bonchev–Trinajstić information content (AvgIpc) is 2.51. The molecule has 0 bridgehead atoms. The second-order valence-electron chi connectivity index (χ2n) is 2.95. The summed E-state index contributed by atoms with van der Waals surface area (Å²) in [5.74, 6) is 0.371. The van der Waals surface area contributed by atoms with Crippen molar-refractivity contribution in [2.75, 3.05) is 6.61 Å². The first-order chi connectivity index (χ1) is 6.15. The molecule has 1 aromatic rings. The van der Waals surface area contributed by atoms with Crippen LogP contribution in [-0.4, -0.2) is 23.7 Å². The smallest absolute Gasteiger partial charge is 0.255 e. The van der Waals surface area contributed by atoms with Crippen molar-refractivity contribution < 1.29 is 14.3 Å². The van der Waals surface area contributed by atoms with E-state index in [-0.39, 0.29) is 18.6 Å². The van der Waals surface area contributed by atoms with Crippen LogP contribution < -0.4 is 5.32 Å². The Morgan fingerprint density at radius 1 is 1.77 bits per heavy atom. The Morgan fingerprint density at radius 3 is 2.92 bits per heavy atom. The Labute approximate surface area is 76.6 Å². The topological polar surface area (TPSA) is 62.5 Å². The summed E-state index contributed by atoms with van der Waals surface area (Å²) < 4.78 is 4.98. The summed E-state index contributed by atoms with van der Waals surface area (Å²) in [5, 5.41) is 11.3. The van der Waals surface area contributed by atoms with E-state index in [1.165, 1.54) is 6.26 Å². The molecule has 1 amide bonds. The number of rotatable bonds is 3. The Hall–Kier alpha value is -1.29. The first-order valence-corrected chi connectivity index (χ1v) is 4.11. The SMILES string of the molecule is Cc1occc1C(=O)N[C@H](C)CO. The number of carbonyl (C=O) groups excluding carboxylic acids is 1. The largest absolute Gasteiger partial charge is 0.469 e. The summed E-state index contributed by atoms with van der Waals surface area (Å²) in [5.41, 5.74) is 0.514. The first-order valence-electron chi connectivity index (χ1n) is 4.11. The monoisotopic (exact) mass is 183 g/mol. The zero-order chi connectivity index (χ0) is 9.84. The summed E-state index contributed by atoms with van der Waals surface area (Å²) in [7, 11) is 0. The summed E-state index contributed by atoms with van der Waals surface area (Å²) in [6.07, 6.45) is 1.47. The third kappa shape index (κ3) is 2.32. The molecule has 72 valence electrons. The standard InChI is InChI=1S/C9H13NO3/c1-6(5-11)10-9(12)8-3-4-13-7(8)2/h3-4,6,11H,5H2,1-2H3,(H,10,12)/t6-/m1/s1. The molecule has 0 aliphatic heterocycles. The Kier molecular flexibility index (Phi) is 3.08. The van der Waals surface area contributed by atoms with Gasteiger partial charge in [0.2, 0.25) is 0 Å². The number of carbonyl (C=O) groups is 1. The number of hydrogen-bond donors (Lipinski definition) is 2. The van der Waals surface area contributed by atoms with E-state index in [1.807, 2.05) is 0 Å². The lowest BCUT2D eigenvalue weighted by atomic mass is 10.2. The predicted molar refractivity (Wildman–Crippen MR) is 47.5 cm³/mol. The summed E-state index contributed by atoms with van der Waals surface area (Å²) in [6.45, 7) is 3.38. The second-order valence-corrected chi connectivity index (χ2v) is 2.95. The van der Waals surface area contributed by atoms with Crippen molar-refractivity contribution in [3.63, 3.8) is 0 Å². The van der Waals surface area contributed by atoms with Crippen LogP contribution in [0, 0.1) is 6.92 Å². The Balaban J connectivity index is 2.64. The molecule has 1 heterocycles. The van der Waals surface area contributed by atoms with E-state index in [4.69, 9.17) is 9.52 Å². The number of hydrogen-bond acceptors (Lipinski definition) is 3. The van der Waals surface area contributed by atoms with Gasteiger partial charge >= 0.3 is 0 Å². The number of aryl methyl sites for hydroxylation is 1. The number of nitrogens with one attached hydrogen (secondary N) is 1. The van der Waals surface area contributed by atoms with E-state index < -0.39 is 0 Å². The maximum absolute atomic E-state index is 11.4. The minimum absolute atomic E-state index is 0.0668. The molecule has 1 rings (SSSR count). The second kappa shape index (κ2) is 4.09. The minimum atomic E-state index is -0.234. The molecule has 4 heteroatoms. The lowest BCUT2D eigenvalue weighted by molar-refractivity contribution is 0.0921. The molecule has 0 spiro atoms. The molecule has 1 aromatic heterocycles. The van der Waals surface area contributed by atoms with E-state index in [2.05, 4.69) is 5.32 Å². The van der Waals surface area contributed by atoms with Gasteiger partial charge in [-0.05, 0) is 19.9 Å². The third-order valence-electron chi connectivity index (χ3n) is 1.75. The van der Waals surface area contributed by atoms with E-state index in [1.54, 1.807) is 19.9 Å². The van der Waals surface area contributed by atoms with E-state index in [9.17, 15) is 4.79 Å². The van der Waals surface area contributed by atoms with Crippen LogP contribution in [0.15, 0.2) is 16.7 Å². The molecule has 1 atom stereocenters. The molecule has 0 aliphatic carbocycles. The molecule has 0 unspecified atom stereocenters. The van der Waals surface area contributed by atoms with Gasteiger partial charge in [-0.25, -0.2) is 0 Å². The van der Waals surface area contributed by atoms with Crippen molar-refractivity contribution in [3.05, 3.63) is 23.7 Å². The molecular formula is C9H13NO3. The summed E-state index contributed by atoms with van der Waals surface area (Å²) >= 11 is 0. The van der Waals surface area contributed by atoms with E-state index >= 15 is 0 Å². The predicted octanol–water partition coefficient (Wildman–Crippen LogP) is 0.699. The van der Waals surface area contributed by atoms with Gasteiger partial charge in [-0.2, -0.15) is 0 Å². The Bertz CT molecular complexity index is 293. The van der Waals surface area contributed by atoms with Crippen molar-refractivity contribution in [3.8, 4) is 0 Å². The maximum Gasteiger partial charge on any atom is 0.255 e. The van der Waals surface area contributed by atoms with Gasteiger partial charge in [-0.3, -0.25) is 4.79 Å². The van der Waals surface area contributed by atoms with Gasteiger partial charge in [-0.1, -0.05) is 0 Å². The molecule has 13 heavy (non-hydrogen) atoms. The van der Waals surface area contributed by atoms with Crippen LogP contribution in [0.5, 0.6) is 0 Å². The van der Waals surface area contributed by atoms with Crippen LogP contribution in [0.3, 0.4) is 0 Å². The van der Waals surface area contributed by atoms with Crippen LogP contribution in [0.4, 0.5) is 0 Å². The molecule has 0 aromatic carbocycles. The third-order valence-corrected chi connectivity index (χ3v) is 1.75. The van der Waals surface area contributed by atoms with E-state index in [0.717, 1.165) is 0 Å². The highest BCUT2D eigenvalue weighted by Crippen LogP contribution is 2.08. The molecule has 0 saturated heterocycles. The van der Waals surface area contributed by atoms with Crippen LogP contribution >= 0.6 is 0 Å². The van der Waals surface area contributed by atoms with Gasteiger partial charge < -0.3 is 14.8 Å².